The van der Waals surface area contributed by atoms with E-state index in [-0.39, 0.29) is 18.9 Å². The summed E-state index contributed by atoms with van der Waals surface area (Å²) >= 11 is 5.32. The summed E-state index contributed by atoms with van der Waals surface area (Å²) in [4.78, 5) is 20.6. The second-order valence-corrected chi connectivity index (χ2v) is 7.03. The maximum atomic E-state index is 12.3. The number of aromatic amines is 1. The maximum absolute atomic E-state index is 12.3. The molecule has 10 heteroatoms. The van der Waals surface area contributed by atoms with E-state index in [1.54, 1.807) is 24.5 Å². The molecule has 0 saturated heterocycles. The number of pyridine rings is 1. The lowest BCUT2D eigenvalue weighted by Crippen LogP contribution is -2.24. The SMILES string of the molecule is Cc1cccc(-c2n[nH]c(=S)n2CCC(=O)NCc2nc(-c3ccncc3)no2)c1. The highest BCUT2D eigenvalue weighted by Gasteiger charge is 2.13. The van der Waals surface area contributed by atoms with Crippen LogP contribution in [0.4, 0.5) is 0 Å². The highest BCUT2D eigenvalue weighted by atomic mass is 32.1. The van der Waals surface area contributed by atoms with Gasteiger partial charge in [-0.3, -0.25) is 19.4 Å². The largest absolute Gasteiger partial charge is 0.347 e. The summed E-state index contributed by atoms with van der Waals surface area (Å²) in [6.45, 7) is 2.56. The fourth-order valence-electron chi connectivity index (χ4n) is 2.95. The predicted octanol–water partition coefficient (Wildman–Crippen LogP) is 3.07. The van der Waals surface area contributed by atoms with Crippen LogP contribution in [0.25, 0.3) is 22.8 Å². The molecule has 0 radical (unpaired) electrons. The minimum absolute atomic E-state index is 0.151. The number of hydrogen-bond acceptors (Lipinski definition) is 7. The molecule has 30 heavy (non-hydrogen) atoms. The molecule has 9 nitrogen and oxygen atoms in total. The third kappa shape index (κ3) is 4.49. The van der Waals surface area contributed by atoms with E-state index in [2.05, 4.69) is 30.6 Å². The van der Waals surface area contributed by atoms with E-state index < -0.39 is 0 Å². The Labute approximate surface area is 177 Å². The number of aromatic nitrogens is 6. The molecule has 3 heterocycles. The standard InChI is InChI=1S/C20H19N7O2S/c1-13-3-2-4-15(11-13)19-24-25-20(30)27(19)10-7-16(28)22-12-17-23-18(26-29-17)14-5-8-21-9-6-14/h2-6,8-9,11H,7,10,12H2,1H3,(H,22,28)(H,25,30). The van der Waals surface area contributed by atoms with Gasteiger partial charge in [0, 0.05) is 36.5 Å². The fourth-order valence-corrected chi connectivity index (χ4v) is 3.17. The normalized spacial score (nSPS) is 10.8. The first kappa shape index (κ1) is 19.6. The third-order valence-corrected chi connectivity index (χ3v) is 4.75. The van der Waals surface area contributed by atoms with Gasteiger partial charge in [-0.25, -0.2) is 0 Å². The van der Waals surface area contributed by atoms with Crippen LogP contribution in [-0.2, 0) is 17.9 Å². The number of nitrogens with one attached hydrogen (secondary N) is 2. The second-order valence-electron chi connectivity index (χ2n) is 6.65. The Morgan fingerprint density at radius 3 is 2.87 bits per heavy atom. The van der Waals surface area contributed by atoms with Crippen LogP contribution in [-0.4, -0.2) is 35.8 Å². The summed E-state index contributed by atoms with van der Waals surface area (Å²) in [5.41, 5.74) is 2.86. The van der Waals surface area contributed by atoms with Crippen LogP contribution in [0.1, 0.15) is 17.9 Å². The number of carbonyl (C=O) groups excluding carboxylic acids is 1. The first-order chi connectivity index (χ1) is 14.6. The van der Waals surface area contributed by atoms with E-state index in [0.717, 1.165) is 16.7 Å². The molecule has 2 N–H and O–H groups in total. The molecular formula is C20H19N7O2S. The highest BCUT2D eigenvalue weighted by molar-refractivity contribution is 7.71. The molecule has 152 valence electrons. The van der Waals surface area contributed by atoms with Gasteiger partial charge < -0.3 is 9.84 Å². The lowest BCUT2D eigenvalue weighted by atomic mass is 10.1. The summed E-state index contributed by atoms with van der Waals surface area (Å²) < 4.78 is 7.48. The maximum Gasteiger partial charge on any atom is 0.246 e. The molecule has 0 aliphatic rings. The van der Waals surface area contributed by atoms with Gasteiger partial charge >= 0.3 is 0 Å². The third-order valence-electron chi connectivity index (χ3n) is 4.44. The Balaban J connectivity index is 1.36. The highest BCUT2D eigenvalue weighted by Crippen LogP contribution is 2.19. The summed E-state index contributed by atoms with van der Waals surface area (Å²) in [5, 5.41) is 13.8. The summed E-state index contributed by atoms with van der Waals surface area (Å²) in [6, 6.07) is 11.5. The molecule has 1 amide bonds. The number of aryl methyl sites for hydroxylation is 1. The van der Waals surface area contributed by atoms with Crippen molar-refractivity contribution in [3.63, 3.8) is 0 Å². The van der Waals surface area contributed by atoms with Crippen molar-refractivity contribution in [1.29, 1.82) is 0 Å². The van der Waals surface area contributed by atoms with Crippen LogP contribution in [0.3, 0.4) is 0 Å². The Morgan fingerprint density at radius 2 is 2.07 bits per heavy atom. The van der Waals surface area contributed by atoms with Crippen LogP contribution in [0.2, 0.25) is 0 Å². The van der Waals surface area contributed by atoms with Gasteiger partial charge in [0.2, 0.25) is 17.6 Å². The van der Waals surface area contributed by atoms with Crippen molar-refractivity contribution in [3.05, 3.63) is 65.0 Å². The molecule has 0 bridgehead atoms. The van der Waals surface area contributed by atoms with Crippen molar-refractivity contribution in [3.8, 4) is 22.8 Å². The fraction of sp³-hybridized carbons (Fsp3) is 0.200. The number of carbonyl (C=O) groups is 1. The number of amides is 1. The van der Waals surface area contributed by atoms with Crippen LogP contribution < -0.4 is 5.32 Å². The van der Waals surface area contributed by atoms with E-state index in [9.17, 15) is 4.79 Å². The van der Waals surface area contributed by atoms with E-state index in [1.165, 1.54) is 0 Å². The molecule has 0 unspecified atom stereocenters. The average molecular weight is 421 g/mol. The number of hydrogen-bond donors (Lipinski definition) is 2. The summed E-state index contributed by atoms with van der Waals surface area (Å²) in [5.74, 6) is 1.33. The van der Waals surface area contributed by atoms with Gasteiger partial charge in [-0.2, -0.15) is 10.1 Å². The van der Waals surface area contributed by atoms with Gasteiger partial charge in [-0.1, -0.05) is 28.9 Å². The molecule has 0 aliphatic carbocycles. The zero-order valence-corrected chi connectivity index (χ0v) is 17.0. The van der Waals surface area contributed by atoms with E-state index in [4.69, 9.17) is 16.7 Å². The smallest absolute Gasteiger partial charge is 0.246 e. The second kappa shape index (κ2) is 8.78. The summed E-state index contributed by atoms with van der Waals surface area (Å²) in [6.07, 6.45) is 3.54. The van der Waals surface area contributed by atoms with Crippen molar-refractivity contribution in [2.75, 3.05) is 0 Å². The van der Waals surface area contributed by atoms with Crippen molar-refractivity contribution in [2.24, 2.45) is 0 Å². The average Bonchev–Trinajstić information content (AvgIpc) is 3.38. The molecule has 0 saturated carbocycles. The van der Waals surface area contributed by atoms with Crippen molar-refractivity contribution >= 4 is 18.1 Å². The Kier molecular flexibility index (Phi) is 5.75. The molecule has 0 aliphatic heterocycles. The van der Waals surface area contributed by atoms with Gasteiger partial charge in [0.25, 0.3) is 0 Å². The minimum Gasteiger partial charge on any atom is -0.347 e. The lowest BCUT2D eigenvalue weighted by molar-refractivity contribution is -0.121. The first-order valence-corrected chi connectivity index (χ1v) is 9.73. The molecular weight excluding hydrogens is 402 g/mol. The Bertz CT molecular complexity index is 1210. The Hall–Kier alpha value is -3.66. The van der Waals surface area contributed by atoms with E-state index in [0.29, 0.717) is 28.9 Å². The predicted molar refractivity (Wildman–Crippen MR) is 112 cm³/mol. The van der Waals surface area contributed by atoms with Gasteiger partial charge in [0.15, 0.2) is 10.6 Å². The van der Waals surface area contributed by atoms with Gasteiger partial charge in [0.05, 0.1) is 6.54 Å². The molecule has 0 atom stereocenters. The number of nitrogens with zero attached hydrogens (tertiary/aromatic N) is 5. The van der Waals surface area contributed by atoms with Crippen molar-refractivity contribution in [2.45, 2.75) is 26.4 Å². The zero-order chi connectivity index (χ0) is 20.9. The van der Waals surface area contributed by atoms with E-state index >= 15 is 0 Å². The van der Waals surface area contributed by atoms with Crippen LogP contribution in [0.15, 0.2) is 53.3 Å². The molecule has 0 fully saturated rings. The van der Waals surface area contributed by atoms with Crippen LogP contribution >= 0.6 is 12.2 Å². The van der Waals surface area contributed by atoms with E-state index in [1.807, 2.05) is 35.8 Å². The Morgan fingerprint density at radius 1 is 1.23 bits per heavy atom. The number of benzene rings is 1. The minimum atomic E-state index is -0.156. The van der Waals surface area contributed by atoms with Crippen molar-refractivity contribution in [1.82, 2.24) is 35.2 Å². The van der Waals surface area contributed by atoms with Gasteiger partial charge in [-0.15, -0.1) is 0 Å². The van der Waals surface area contributed by atoms with Gasteiger partial charge in [-0.05, 0) is 37.3 Å². The molecule has 1 aromatic carbocycles. The van der Waals surface area contributed by atoms with Gasteiger partial charge in [0.1, 0.15) is 0 Å². The molecule has 0 spiro atoms. The zero-order valence-electron chi connectivity index (χ0n) is 16.2. The molecule has 3 aromatic heterocycles. The quantitative estimate of drug-likeness (QED) is 0.441. The molecule has 4 rings (SSSR count). The number of rotatable bonds is 7. The van der Waals surface area contributed by atoms with Crippen LogP contribution in [0.5, 0.6) is 0 Å². The number of H-pyrrole nitrogens is 1. The monoisotopic (exact) mass is 421 g/mol. The van der Waals surface area contributed by atoms with Crippen LogP contribution in [0, 0.1) is 11.7 Å². The lowest BCUT2D eigenvalue weighted by Gasteiger charge is -2.07. The topological polar surface area (TPSA) is 115 Å². The summed E-state index contributed by atoms with van der Waals surface area (Å²) in [7, 11) is 0. The molecule has 4 aromatic rings. The van der Waals surface area contributed by atoms with Crippen molar-refractivity contribution < 1.29 is 9.32 Å². The first-order valence-electron chi connectivity index (χ1n) is 9.32.